The summed E-state index contributed by atoms with van der Waals surface area (Å²) in [5.74, 6) is 1.46. The summed E-state index contributed by atoms with van der Waals surface area (Å²) in [6, 6.07) is 0.454. The van der Waals surface area contributed by atoms with Gasteiger partial charge >= 0.3 is 0 Å². The largest absolute Gasteiger partial charge is 0.484 e. The minimum Gasteiger partial charge on any atom is -0.484 e. The Morgan fingerprint density at radius 2 is 2.09 bits per heavy atom. The lowest BCUT2D eigenvalue weighted by atomic mass is 10.0. The summed E-state index contributed by atoms with van der Waals surface area (Å²) in [7, 11) is 1.72. The molecule has 0 saturated carbocycles. The maximum Gasteiger partial charge on any atom is 0.186 e. The summed E-state index contributed by atoms with van der Waals surface area (Å²) in [5, 5.41) is 0. The molecule has 1 heterocycles. The van der Waals surface area contributed by atoms with Crippen LogP contribution in [0, 0.1) is 5.92 Å². The molecule has 0 aromatic heterocycles. The van der Waals surface area contributed by atoms with Crippen LogP contribution < -0.4 is 0 Å². The lowest BCUT2D eigenvalue weighted by molar-refractivity contribution is 0.365. The van der Waals surface area contributed by atoms with E-state index >= 15 is 0 Å². The summed E-state index contributed by atoms with van der Waals surface area (Å²) in [6.07, 6.45) is 3.70. The molecule has 0 spiro atoms. The normalized spacial score (nSPS) is 32.5. The number of nitrogens with zero attached hydrogens (tertiary/aromatic N) is 1. The van der Waals surface area contributed by atoms with Crippen LogP contribution in [0.25, 0.3) is 0 Å². The molecule has 0 saturated heterocycles. The summed E-state index contributed by atoms with van der Waals surface area (Å²) < 4.78 is 5.20. The van der Waals surface area contributed by atoms with E-state index in [9.17, 15) is 0 Å². The highest BCUT2D eigenvalue weighted by Gasteiger charge is 2.16. The highest BCUT2D eigenvalue weighted by Crippen LogP contribution is 2.18. The SMILES string of the molecule is COC1=NC(C)CCCC1C. The van der Waals surface area contributed by atoms with E-state index in [1.807, 2.05) is 0 Å². The third-order valence-electron chi connectivity index (χ3n) is 2.24. The van der Waals surface area contributed by atoms with Crippen LogP contribution in [-0.4, -0.2) is 19.0 Å². The fraction of sp³-hybridized carbons (Fsp3) is 0.889. The molecule has 0 N–H and O–H groups in total. The predicted octanol–water partition coefficient (Wildman–Crippen LogP) is 2.24. The summed E-state index contributed by atoms with van der Waals surface area (Å²) >= 11 is 0. The molecule has 1 aliphatic heterocycles. The third-order valence-corrected chi connectivity index (χ3v) is 2.24. The Morgan fingerprint density at radius 3 is 2.73 bits per heavy atom. The molecule has 2 unspecified atom stereocenters. The van der Waals surface area contributed by atoms with Crippen LogP contribution in [0.4, 0.5) is 0 Å². The van der Waals surface area contributed by atoms with E-state index in [-0.39, 0.29) is 0 Å². The van der Waals surface area contributed by atoms with E-state index in [1.54, 1.807) is 7.11 Å². The van der Waals surface area contributed by atoms with Crippen LogP contribution in [0.1, 0.15) is 33.1 Å². The van der Waals surface area contributed by atoms with Crippen LogP contribution in [0.15, 0.2) is 4.99 Å². The highest BCUT2D eigenvalue weighted by atomic mass is 16.5. The number of aliphatic imine (C=N–C) groups is 1. The van der Waals surface area contributed by atoms with Crippen molar-refractivity contribution in [3.63, 3.8) is 0 Å². The Labute approximate surface area is 68.7 Å². The van der Waals surface area contributed by atoms with Crippen molar-refractivity contribution in [2.45, 2.75) is 39.2 Å². The molecule has 11 heavy (non-hydrogen) atoms. The minimum atomic E-state index is 0.454. The van der Waals surface area contributed by atoms with Gasteiger partial charge in [0, 0.05) is 5.92 Å². The van der Waals surface area contributed by atoms with Gasteiger partial charge in [-0.1, -0.05) is 13.3 Å². The van der Waals surface area contributed by atoms with E-state index < -0.39 is 0 Å². The van der Waals surface area contributed by atoms with Crippen molar-refractivity contribution in [2.24, 2.45) is 10.9 Å². The van der Waals surface area contributed by atoms with Gasteiger partial charge in [0.05, 0.1) is 13.2 Å². The van der Waals surface area contributed by atoms with Crippen molar-refractivity contribution in [2.75, 3.05) is 7.11 Å². The number of rotatable bonds is 0. The molecule has 0 radical (unpaired) electrons. The van der Waals surface area contributed by atoms with Crippen molar-refractivity contribution < 1.29 is 4.74 Å². The van der Waals surface area contributed by atoms with Gasteiger partial charge in [-0.3, -0.25) is 4.99 Å². The van der Waals surface area contributed by atoms with E-state index in [4.69, 9.17) is 4.74 Å². The first kappa shape index (κ1) is 8.57. The molecule has 0 fully saturated rings. The minimum absolute atomic E-state index is 0.454. The first-order chi connectivity index (χ1) is 5.24. The van der Waals surface area contributed by atoms with Crippen LogP contribution >= 0.6 is 0 Å². The van der Waals surface area contributed by atoms with Crippen LogP contribution in [-0.2, 0) is 4.74 Å². The van der Waals surface area contributed by atoms with E-state index in [1.165, 1.54) is 19.3 Å². The van der Waals surface area contributed by atoms with Crippen molar-refractivity contribution >= 4 is 5.90 Å². The molecule has 1 rings (SSSR count). The molecule has 64 valence electrons. The Kier molecular flexibility index (Phi) is 2.92. The van der Waals surface area contributed by atoms with Crippen molar-refractivity contribution in [1.29, 1.82) is 0 Å². The van der Waals surface area contributed by atoms with Crippen LogP contribution in [0.2, 0.25) is 0 Å². The number of ether oxygens (including phenoxy) is 1. The average molecular weight is 155 g/mol. The zero-order valence-electron chi connectivity index (χ0n) is 7.63. The van der Waals surface area contributed by atoms with Crippen LogP contribution in [0.3, 0.4) is 0 Å². The lowest BCUT2D eigenvalue weighted by Gasteiger charge is -2.09. The molecule has 2 atom stereocenters. The summed E-state index contributed by atoms with van der Waals surface area (Å²) in [6.45, 7) is 4.33. The molecule has 2 nitrogen and oxygen atoms in total. The van der Waals surface area contributed by atoms with Gasteiger partial charge in [-0.25, -0.2) is 0 Å². The predicted molar refractivity (Wildman–Crippen MR) is 46.9 cm³/mol. The second-order valence-electron chi connectivity index (χ2n) is 3.35. The second kappa shape index (κ2) is 3.74. The molecule has 1 aliphatic rings. The molecule has 0 bridgehead atoms. The molecule has 2 heteroatoms. The topological polar surface area (TPSA) is 21.6 Å². The zero-order valence-corrected chi connectivity index (χ0v) is 7.63. The number of methoxy groups -OCH3 is 1. The lowest BCUT2D eigenvalue weighted by Crippen LogP contribution is -2.12. The summed E-state index contributed by atoms with van der Waals surface area (Å²) in [5.41, 5.74) is 0. The quantitative estimate of drug-likeness (QED) is 0.525. The van der Waals surface area contributed by atoms with Crippen molar-refractivity contribution in [1.82, 2.24) is 0 Å². The molecule has 0 aromatic rings. The Morgan fingerprint density at radius 1 is 1.36 bits per heavy atom. The highest BCUT2D eigenvalue weighted by molar-refractivity contribution is 5.78. The average Bonchev–Trinajstić information content (AvgIpc) is 2.13. The second-order valence-corrected chi connectivity index (χ2v) is 3.35. The first-order valence-corrected chi connectivity index (χ1v) is 4.35. The van der Waals surface area contributed by atoms with E-state index in [0.717, 1.165) is 5.90 Å². The Balaban J connectivity index is 2.65. The molecular formula is C9H17NO. The van der Waals surface area contributed by atoms with Gasteiger partial charge in [0.2, 0.25) is 0 Å². The third kappa shape index (κ3) is 2.21. The van der Waals surface area contributed by atoms with Gasteiger partial charge in [-0.2, -0.15) is 0 Å². The zero-order chi connectivity index (χ0) is 8.27. The van der Waals surface area contributed by atoms with E-state index in [2.05, 4.69) is 18.8 Å². The maximum absolute atomic E-state index is 5.20. The van der Waals surface area contributed by atoms with Gasteiger partial charge in [0.15, 0.2) is 5.90 Å². The van der Waals surface area contributed by atoms with Gasteiger partial charge in [0.1, 0.15) is 0 Å². The smallest absolute Gasteiger partial charge is 0.186 e. The molecular weight excluding hydrogens is 138 g/mol. The summed E-state index contributed by atoms with van der Waals surface area (Å²) in [4.78, 5) is 4.47. The fourth-order valence-electron chi connectivity index (χ4n) is 1.51. The Bertz CT molecular complexity index is 154. The number of hydrogen-bond donors (Lipinski definition) is 0. The van der Waals surface area contributed by atoms with Crippen LogP contribution in [0.5, 0.6) is 0 Å². The molecule has 0 aromatic carbocycles. The number of hydrogen-bond acceptors (Lipinski definition) is 2. The monoisotopic (exact) mass is 155 g/mol. The van der Waals surface area contributed by atoms with Gasteiger partial charge < -0.3 is 4.74 Å². The maximum atomic E-state index is 5.20. The van der Waals surface area contributed by atoms with E-state index in [0.29, 0.717) is 12.0 Å². The van der Waals surface area contributed by atoms with Gasteiger partial charge in [-0.05, 0) is 19.8 Å². The Hall–Kier alpha value is -0.530. The molecule has 0 amide bonds. The van der Waals surface area contributed by atoms with Gasteiger partial charge in [0.25, 0.3) is 0 Å². The first-order valence-electron chi connectivity index (χ1n) is 4.35. The standard InChI is InChI=1S/C9H17NO/c1-7-5-4-6-8(2)10-9(7)11-3/h7-8H,4-6H2,1-3H3. The fourth-order valence-corrected chi connectivity index (χ4v) is 1.51. The van der Waals surface area contributed by atoms with Crippen molar-refractivity contribution in [3.8, 4) is 0 Å². The molecule has 0 aliphatic carbocycles. The van der Waals surface area contributed by atoms with Crippen molar-refractivity contribution in [3.05, 3.63) is 0 Å². The van der Waals surface area contributed by atoms with Gasteiger partial charge in [-0.15, -0.1) is 0 Å².